The molecule has 6 aromatic rings. The number of anilines is 2. The molecule has 41 heavy (non-hydrogen) atoms. The lowest BCUT2D eigenvalue weighted by Crippen LogP contribution is -2.14. The van der Waals surface area contributed by atoms with Crippen LogP contribution in [0.5, 0.6) is 0 Å². The fourth-order valence-electron chi connectivity index (χ4n) is 5.39. The van der Waals surface area contributed by atoms with E-state index < -0.39 is 0 Å². The van der Waals surface area contributed by atoms with Crippen molar-refractivity contribution in [2.45, 2.75) is 22.1 Å². The first-order chi connectivity index (χ1) is 20.1. The number of nitrogen functional groups attached to an aromatic ring is 1. The van der Waals surface area contributed by atoms with Crippen molar-refractivity contribution in [2.24, 2.45) is 0 Å². The number of nitrogens with two attached hydrogens (primary N) is 1. The van der Waals surface area contributed by atoms with Crippen molar-refractivity contribution in [1.82, 2.24) is 9.97 Å². The van der Waals surface area contributed by atoms with Gasteiger partial charge in [-0.3, -0.25) is 4.79 Å². The van der Waals surface area contributed by atoms with Crippen molar-refractivity contribution in [3.63, 3.8) is 0 Å². The molecule has 1 aliphatic rings. The number of aromatic nitrogens is 2. The Labute approximate surface area is 250 Å². The molecule has 3 heterocycles. The van der Waals surface area contributed by atoms with E-state index in [2.05, 4.69) is 71.0 Å². The van der Waals surface area contributed by atoms with Gasteiger partial charge in [-0.2, -0.15) is 0 Å². The number of amides is 1. The summed E-state index contributed by atoms with van der Waals surface area (Å²) in [4.78, 5) is 24.6. The number of fused-ring (bicyclic) bond motifs is 4. The van der Waals surface area contributed by atoms with Gasteiger partial charge in [0.15, 0.2) is 5.16 Å². The maximum atomic E-state index is 12.9. The molecule has 0 aliphatic carbocycles. The fourth-order valence-corrected chi connectivity index (χ4v) is 9.12. The average molecular weight is 591 g/mol. The molecule has 3 N–H and O–H groups in total. The van der Waals surface area contributed by atoms with Gasteiger partial charge in [-0.05, 0) is 34.6 Å². The predicted octanol–water partition coefficient (Wildman–Crippen LogP) is 8.28. The van der Waals surface area contributed by atoms with E-state index in [9.17, 15) is 4.79 Å². The minimum absolute atomic E-state index is 0.106. The summed E-state index contributed by atoms with van der Waals surface area (Å²) in [6.07, 6.45) is 0.876. The molecule has 2 atom stereocenters. The number of hydrogen-bond acceptors (Lipinski definition) is 7. The van der Waals surface area contributed by atoms with Crippen LogP contribution in [0.15, 0.2) is 108 Å². The number of carbonyl (C=O) groups is 1. The molecule has 0 unspecified atom stereocenters. The van der Waals surface area contributed by atoms with Crippen LogP contribution >= 0.6 is 34.9 Å². The molecule has 8 heteroatoms. The second-order valence-corrected chi connectivity index (χ2v) is 13.2. The fraction of sp³-hybridized carbons (Fsp3) is 0.121. The number of nitrogens with one attached hydrogen (secondary N) is 1. The monoisotopic (exact) mass is 590 g/mol. The van der Waals surface area contributed by atoms with Crippen molar-refractivity contribution < 1.29 is 4.79 Å². The third-order valence-corrected chi connectivity index (χ3v) is 11.0. The van der Waals surface area contributed by atoms with Crippen LogP contribution in [0.4, 0.5) is 11.5 Å². The van der Waals surface area contributed by atoms with Crippen LogP contribution in [0.25, 0.3) is 21.0 Å². The van der Waals surface area contributed by atoms with Crippen molar-refractivity contribution in [3.8, 4) is 0 Å². The van der Waals surface area contributed by atoms with Crippen LogP contribution in [0, 0.1) is 0 Å². The Kier molecular flexibility index (Phi) is 7.12. The third kappa shape index (κ3) is 5.19. The van der Waals surface area contributed by atoms with E-state index >= 15 is 0 Å². The maximum Gasteiger partial charge on any atom is 0.234 e. The minimum Gasteiger partial charge on any atom is -0.383 e. The van der Waals surface area contributed by atoms with E-state index in [1.165, 1.54) is 33.3 Å². The lowest BCUT2D eigenvalue weighted by Gasteiger charge is -2.30. The molecule has 0 spiro atoms. The molecule has 0 radical (unpaired) electrons. The summed E-state index contributed by atoms with van der Waals surface area (Å²) < 4.78 is 0. The topological polar surface area (TPSA) is 80.9 Å². The highest BCUT2D eigenvalue weighted by atomic mass is 32.2. The maximum absolute atomic E-state index is 12.9. The summed E-state index contributed by atoms with van der Waals surface area (Å²) >= 11 is 5.00. The van der Waals surface area contributed by atoms with E-state index in [4.69, 9.17) is 10.7 Å². The van der Waals surface area contributed by atoms with Crippen molar-refractivity contribution in [3.05, 3.63) is 125 Å². The summed E-state index contributed by atoms with van der Waals surface area (Å²) in [5.41, 5.74) is 11.3. The second-order valence-electron chi connectivity index (χ2n) is 9.91. The molecule has 0 saturated carbocycles. The Balaban J connectivity index is 1.17. The summed E-state index contributed by atoms with van der Waals surface area (Å²) in [6.45, 7) is 0. The predicted molar refractivity (Wildman–Crippen MR) is 174 cm³/mol. The van der Waals surface area contributed by atoms with Crippen LogP contribution in [0.3, 0.4) is 0 Å². The lowest BCUT2D eigenvalue weighted by atomic mass is 9.98. The van der Waals surface area contributed by atoms with Gasteiger partial charge in [-0.25, -0.2) is 9.97 Å². The largest absolute Gasteiger partial charge is 0.383 e. The van der Waals surface area contributed by atoms with Gasteiger partial charge in [0.05, 0.1) is 16.4 Å². The molecule has 2 aromatic heterocycles. The van der Waals surface area contributed by atoms with E-state index in [-0.39, 0.29) is 16.9 Å². The van der Waals surface area contributed by atoms with E-state index in [1.54, 1.807) is 11.3 Å². The Morgan fingerprint density at radius 2 is 1.59 bits per heavy atom. The van der Waals surface area contributed by atoms with Crippen molar-refractivity contribution in [2.75, 3.05) is 16.8 Å². The van der Waals surface area contributed by atoms with Crippen molar-refractivity contribution in [1.29, 1.82) is 0 Å². The highest BCUT2D eigenvalue weighted by Crippen LogP contribution is 2.55. The quantitative estimate of drug-likeness (QED) is 0.150. The zero-order valence-electron chi connectivity index (χ0n) is 22.0. The average Bonchev–Trinajstić information content (AvgIpc) is 3.39. The second kappa shape index (κ2) is 11.2. The standard InChI is InChI=1S/C33H26N4OS3/c34-31-28-24-18-26(21-11-3-1-4-12-21)40-29(22-13-5-2-6-14-22)30(24)41-32(28)37-33(36-31)39-19-27(38)35-25-17-9-15-20-10-7-8-16-23(20)25/h1-17,26,29H,18-19H2,(H,35,38)(H2,34,36,37)/t26-,29+/m0/s1. The first kappa shape index (κ1) is 26.1. The highest BCUT2D eigenvalue weighted by Gasteiger charge is 2.34. The number of thiophene rings is 1. The van der Waals surface area contributed by atoms with Crippen LogP contribution in [-0.4, -0.2) is 21.6 Å². The number of carbonyl (C=O) groups excluding carboxylic acids is 1. The zero-order chi connectivity index (χ0) is 27.8. The molecular formula is C33H26N4OS3. The van der Waals surface area contributed by atoms with Crippen molar-refractivity contribution >= 4 is 73.3 Å². The van der Waals surface area contributed by atoms with Gasteiger partial charge in [0.1, 0.15) is 10.6 Å². The van der Waals surface area contributed by atoms with Crippen LogP contribution in [0.2, 0.25) is 0 Å². The van der Waals surface area contributed by atoms with Gasteiger partial charge in [-0.15, -0.1) is 23.1 Å². The number of nitrogens with zero attached hydrogens (tertiary/aromatic N) is 2. The molecule has 0 saturated heterocycles. The number of benzene rings is 4. The number of hydrogen-bond donors (Lipinski definition) is 2. The smallest absolute Gasteiger partial charge is 0.234 e. The van der Waals surface area contributed by atoms with Crippen LogP contribution in [-0.2, 0) is 11.2 Å². The number of rotatable bonds is 6. The normalized spacial score (nSPS) is 16.5. The SMILES string of the molecule is Nc1nc(SCC(=O)Nc2cccc3ccccc23)nc2sc3c(c12)C[C@@H](c1ccccc1)S[C@@H]3c1ccccc1. The van der Waals surface area contributed by atoms with Gasteiger partial charge in [-0.1, -0.05) is 109 Å². The first-order valence-corrected chi connectivity index (χ1v) is 16.1. The summed E-state index contributed by atoms with van der Waals surface area (Å²) in [5.74, 6) is 0.568. The summed E-state index contributed by atoms with van der Waals surface area (Å²) in [6, 6.07) is 35.3. The van der Waals surface area contributed by atoms with E-state index in [1.807, 2.05) is 54.2 Å². The zero-order valence-corrected chi connectivity index (χ0v) is 24.4. The number of thioether (sulfide) groups is 2. The summed E-state index contributed by atoms with van der Waals surface area (Å²) in [5, 5.41) is 7.11. The Morgan fingerprint density at radius 3 is 2.39 bits per heavy atom. The van der Waals surface area contributed by atoms with Crippen LogP contribution in [0.1, 0.15) is 32.1 Å². The molecule has 202 valence electrons. The van der Waals surface area contributed by atoms with Gasteiger partial charge >= 0.3 is 0 Å². The Morgan fingerprint density at radius 1 is 0.878 bits per heavy atom. The minimum atomic E-state index is -0.106. The molecule has 7 rings (SSSR count). The first-order valence-electron chi connectivity index (χ1n) is 13.4. The van der Waals surface area contributed by atoms with Gasteiger partial charge in [0.25, 0.3) is 0 Å². The van der Waals surface area contributed by atoms with E-state index in [0.29, 0.717) is 16.2 Å². The van der Waals surface area contributed by atoms with Gasteiger partial charge in [0, 0.05) is 21.2 Å². The molecule has 1 amide bonds. The summed E-state index contributed by atoms with van der Waals surface area (Å²) in [7, 11) is 0. The molecule has 1 aliphatic heterocycles. The highest BCUT2D eigenvalue weighted by molar-refractivity contribution is 8.00. The van der Waals surface area contributed by atoms with E-state index in [0.717, 1.165) is 33.1 Å². The third-order valence-electron chi connectivity index (χ3n) is 7.29. The molecule has 0 fully saturated rings. The Hall–Kier alpha value is -3.85. The molecule has 0 bridgehead atoms. The van der Waals surface area contributed by atoms with Crippen LogP contribution < -0.4 is 11.1 Å². The van der Waals surface area contributed by atoms with Gasteiger partial charge < -0.3 is 11.1 Å². The molecule has 4 aromatic carbocycles. The Bertz CT molecular complexity index is 1870. The van der Waals surface area contributed by atoms with Gasteiger partial charge in [0.2, 0.25) is 5.91 Å². The molecule has 5 nitrogen and oxygen atoms in total. The lowest BCUT2D eigenvalue weighted by molar-refractivity contribution is -0.113. The molecular weight excluding hydrogens is 565 g/mol.